The van der Waals surface area contributed by atoms with Gasteiger partial charge in [0, 0.05) is 5.69 Å². The van der Waals surface area contributed by atoms with Crippen molar-refractivity contribution in [1.82, 2.24) is 5.32 Å². The number of ether oxygens (including phenoxy) is 1. The molecule has 2 aliphatic heterocycles. The van der Waals surface area contributed by atoms with Crippen molar-refractivity contribution < 1.29 is 19.4 Å². The molecule has 6 nitrogen and oxygen atoms in total. The Kier molecular flexibility index (Phi) is 3.55. The summed E-state index contributed by atoms with van der Waals surface area (Å²) in [5.74, 6) is -1.00. The Morgan fingerprint density at radius 2 is 2.14 bits per heavy atom. The summed E-state index contributed by atoms with van der Waals surface area (Å²) >= 11 is 0. The van der Waals surface area contributed by atoms with Gasteiger partial charge in [-0.25, -0.2) is 9.59 Å². The number of amides is 2. The van der Waals surface area contributed by atoms with Gasteiger partial charge in [-0.05, 0) is 43.9 Å². The molecule has 0 aromatic heterocycles. The summed E-state index contributed by atoms with van der Waals surface area (Å²) in [5.41, 5.74) is 1.32. The zero-order valence-corrected chi connectivity index (χ0v) is 11.8. The van der Waals surface area contributed by atoms with Crippen LogP contribution in [0.15, 0.2) is 18.2 Å². The van der Waals surface area contributed by atoms with E-state index in [1.807, 2.05) is 0 Å². The average molecular weight is 290 g/mol. The van der Waals surface area contributed by atoms with Crippen LogP contribution in [0.1, 0.15) is 35.2 Å². The smallest absolute Gasteiger partial charge is 0.336 e. The molecule has 3 rings (SSSR count). The lowest BCUT2D eigenvalue weighted by Gasteiger charge is -2.20. The van der Waals surface area contributed by atoms with Crippen LogP contribution in [0.4, 0.5) is 10.5 Å². The van der Waals surface area contributed by atoms with Gasteiger partial charge < -0.3 is 20.5 Å². The Morgan fingerprint density at radius 1 is 1.33 bits per heavy atom. The van der Waals surface area contributed by atoms with E-state index in [0.717, 1.165) is 19.3 Å². The van der Waals surface area contributed by atoms with Crippen molar-refractivity contribution in [3.05, 3.63) is 29.3 Å². The molecule has 2 amide bonds. The standard InChI is InChI=1S/C15H18N2O4/c1-8-2-3-9(6-11(8)14(18)19)16-15(20)17-12-7-10-4-5-13(12)21-10/h2-3,6,10,12-13H,4-5,7H2,1H3,(H,18,19)(H2,16,17,20). The monoisotopic (exact) mass is 290 g/mol. The van der Waals surface area contributed by atoms with E-state index in [-0.39, 0.29) is 29.8 Å². The predicted molar refractivity (Wildman–Crippen MR) is 76.6 cm³/mol. The van der Waals surface area contributed by atoms with Crippen LogP contribution >= 0.6 is 0 Å². The number of carboxylic acid groups (broad SMARTS) is 1. The number of urea groups is 1. The van der Waals surface area contributed by atoms with E-state index < -0.39 is 5.97 Å². The first kappa shape index (κ1) is 13.9. The number of fused-ring (bicyclic) bond motifs is 2. The van der Waals surface area contributed by atoms with Crippen molar-refractivity contribution >= 4 is 17.7 Å². The second-order valence-electron chi connectivity index (χ2n) is 5.65. The summed E-state index contributed by atoms with van der Waals surface area (Å²) < 4.78 is 5.68. The van der Waals surface area contributed by atoms with E-state index in [4.69, 9.17) is 9.84 Å². The van der Waals surface area contributed by atoms with Crippen LogP contribution in [0, 0.1) is 6.92 Å². The third kappa shape index (κ3) is 2.85. The summed E-state index contributed by atoms with van der Waals surface area (Å²) in [5, 5.41) is 14.7. The van der Waals surface area contributed by atoms with Crippen molar-refractivity contribution in [2.75, 3.05) is 5.32 Å². The molecule has 1 aromatic carbocycles. The van der Waals surface area contributed by atoms with Crippen molar-refractivity contribution in [3.8, 4) is 0 Å². The second-order valence-corrected chi connectivity index (χ2v) is 5.65. The Morgan fingerprint density at radius 3 is 2.76 bits per heavy atom. The van der Waals surface area contributed by atoms with Gasteiger partial charge in [0.25, 0.3) is 0 Å². The summed E-state index contributed by atoms with van der Waals surface area (Å²) in [4.78, 5) is 23.1. The van der Waals surface area contributed by atoms with Gasteiger partial charge in [0.2, 0.25) is 0 Å². The van der Waals surface area contributed by atoms with Gasteiger partial charge >= 0.3 is 12.0 Å². The number of hydrogen-bond donors (Lipinski definition) is 3. The maximum Gasteiger partial charge on any atom is 0.336 e. The minimum absolute atomic E-state index is 0.0492. The molecule has 112 valence electrons. The Labute approximate surface area is 122 Å². The normalized spacial score (nSPS) is 26.6. The third-order valence-corrected chi connectivity index (χ3v) is 4.15. The van der Waals surface area contributed by atoms with E-state index in [2.05, 4.69) is 10.6 Å². The maximum absolute atomic E-state index is 12.0. The van der Waals surface area contributed by atoms with Gasteiger partial charge in [-0.15, -0.1) is 0 Å². The summed E-state index contributed by atoms with van der Waals surface area (Å²) in [7, 11) is 0. The van der Waals surface area contributed by atoms with E-state index in [1.54, 1.807) is 19.1 Å². The van der Waals surface area contributed by atoms with Crippen LogP contribution in [0.5, 0.6) is 0 Å². The van der Waals surface area contributed by atoms with Crippen LogP contribution in [0.3, 0.4) is 0 Å². The predicted octanol–water partition coefficient (Wildman–Crippen LogP) is 2.13. The lowest BCUT2D eigenvalue weighted by atomic mass is 9.96. The highest BCUT2D eigenvalue weighted by molar-refractivity contribution is 5.94. The zero-order chi connectivity index (χ0) is 15.0. The van der Waals surface area contributed by atoms with Crippen LogP contribution in [0.2, 0.25) is 0 Å². The molecule has 2 fully saturated rings. The van der Waals surface area contributed by atoms with E-state index in [0.29, 0.717) is 11.3 Å². The molecular formula is C15H18N2O4. The number of hydrogen-bond acceptors (Lipinski definition) is 3. The van der Waals surface area contributed by atoms with Crippen molar-refractivity contribution in [2.45, 2.75) is 44.4 Å². The molecule has 2 saturated heterocycles. The maximum atomic E-state index is 12.0. The Hall–Kier alpha value is -2.08. The number of benzene rings is 1. The SMILES string of the molecule is Cc1ccc(NC(=O)NC2CC3CCC2O3)cc1C(=O)O. The summed E-state index contributed by atoms with van der Waals surface area (Å²) in [6, 6.07) is 4.57. The number of aromatic carboxylic acids is 1. The van der Waals surface area contributed by atoms with Crippen LogP contribution in [-0.2, 0) is 4.74 Å². The molecule has 2 bridgehead atoms. The minimum Gasteiger partial charge on any atom is -0.478 e. The fraction of sp³-hybridized carbons (Fsp3) is 0.467. The second kappa shape index (κ2) is 5.37. The van der Waals surface area contributed by atoms with Gasteiger partial charge in [-0.3, -0.25) is 0 Å². The first-order chi connectivity index (χ1) is 10.0. The van der Waals surface area contributed by atoms with Crippen LogP contribution < -0.4 is 10.6 Å². The van der Waals surface area contributed by atoms with Gasteiger partial charge in [0.05, 0.1) is 23.8 Å². The van der Waals surface area contributed by atoms with Crippen LogP contribution in [-0.4, -0.2) is 35.4 Å². The first-order valence-corrected chi connectivity index (χ1v) is 7.10. The summed E-state index contributed by atoms with van der Waals surface area (Å²) in [6.07, 6.45) is 3.31. The molecule has 2 heterocycles. The fourth-order valence-corrected chi connectivity index (χ4v) is 3.06. The Bertz CT molecular complexity index is 587. The largest absolute Gasteiger partial charge is 0.478 e. The average Bonchev–Trinajstić information content (AvgIpc) is 3.03. The van der Waals surface area contributed by atoms with Crippen molar-refractivity contribution in [1.29, 1.82) is 0 Å². The van der Waals surface area contributed by atoms with Crippen molar-refractivity contribution in [2.24, 2.45) is 0 Å². The minimum atomic E-state index is -1.00. The molecule has 3 unspecified atom stereocenters. The number of carbonyl (C=O) groups is 2. The molecule has 0 spiro atoms. The van der Waals surface area contributed by atoms with Crippen molar-refractivity contribution in [3.63, 3.8) is 0 Å². The molecule has 0 aliphatic carbocycles. The van der Waals surface area contributed by atoms with Gasteiger partial charge in [0.15, 0.2) is 0 Å². The molecule has 0 saturated carbocycles. The van der Waals surface area contributed by atoms with E-state index in [9.17, 15) is 9.59 Å². The molecule has 2 aliphatic rings. The van der Waals surface area contributed by atoms with E-state index in [1.165, 1.54) is 6.07 Å². The highest BCUT2D eigenvalue weighted by Crippen LogP contribution is 2.34. The highest BCUT2D eigenvalue weighted by Gasteiger charge is 2.41. The number of carbonyl (C=O) groups excluding carboxylic acids is 1. The number of nitrogens with one attached hydrogen (secondary N) is 2. The number of anilines is 1. The molecule has 3 N–H and O–H groups in total. The molecule has 0 radical (unpaired) electrons. The quantitative estimate of drug-likeness (QED) is 0.795. The molecule has 6 heteroatoms. The molecular weight excluding hydrogens is 272 g/mol. The molecule has 1 aromatic rings. The van der Waals surface area contributed by atoms with Crippen LogP contribution in [0.25, 0.3) is 0 Å². The zero-order valence-electron chi connectivity index (χ0n) is 11.8. The summed E-state index contributed by atoms with van der Waals surface area (Å²) in [6.45, 7) is 1.72. The van der Waals surface area contributed by atoms with E-state index >= 15 is 0 Å². The lowest BCUT2D eigenvalue weighted by molar-refractivity contribution is 0.0696. The van der Waals surface area contributed by atoms with Gasteiger partial charge in [-0.1, -0.05) is 6.07 Å². The fourth-order valence-electron chi connectivity index (χ4n) is 3.06. The third-order valence-electron chi connectivity index (χ3n) is 4.15. The van der Waals surface area contributed by atoms with Gasteiger partial charge in [-0.2, -0.15) is 0 Å². The highest BCUT2D eigenvalue weighted by atomic mass is 16.5. The number of carboxylic acids is 1. The molecule has 3 atom stereocenters. The first-order valence-electron chi connectivity index (χ1n) is 7.10. The Balaban J connectivity index is 1.62. The topological polar surface area (TPSA) is 87.7 Å². The number of rotatable bonds is 3. The van der Waals surface area contributed by atoms with Gasteiger partial charge in [0.1, 0.15) is 0 Å². The molecule has 21 heavy (non-hydrogen) atoms. The number of aryl methyl sites for hydroxylation is 1. The lowest BCUT2D eigenvalue weighted by Crippen LogP contribution is -2.43.